The van der Waals surface area contributed by atoms with E-state index >= 15 is 0 Å². The Labute approximate surface area is 218 Å². The summed E-state index contributed by atoms with van der Waals surface area (Å²) >= 11 is 2.14. The molecule has 2 unspecified atom stereocenters. The van der Waals surface area contributed by atoms with Gasteiger partial charge in [0.2, 0.25) is 11.8 Å². The van der Waals surface area contributed by atoms with E-state index in [1.165, 1.54) is 31.4 Å². The Bertz CT molecular complexity index is 1440. The molecule has 5 rings (SSSR count). The van der Waals surface area contributed by atoms with Gasteiger partial charge in [0.15, 0.2) is 18.1 Å². The lowest BCUT2D eigenvalue weighted by Crippen LogP contribution is -2.32. The predicted octanol–water partition coefficient (Wildman–Crippen LogP) is 3.32. The number of esters is 1. The molecule has 3 atom stereocenters. The summed E-state index contributed by atoms with van der Waals surface area (Å²) < 4.78 is 29.4. The van der Waals surface area contributed by atoms with Crippen LogP contribution in [0.15, 0.2) is 52.3 Å². The second-order valence-corrected chi connectivity index (χ2v) is 10.4. The number of carbonyl (C=O) groups is 3. The highest BCUT2D eigenvalue weighted by Gasteiger charge is 2.56. The molecule has 2 aliphatic heterocycles. The highest BCUT2D eigenvalue weighted by atomic mass is 32.2. The van der Waals surface area contributed by atoms with Gasteiger partial charge in [-0.2, -0.15) is 0 Å². The van der Waals surface area contributed by atoms with Gasteiger partial charge in [0, 0.05) is 10.8 Å². The molecular formula is C25H21FN2O7S2. The summed E-state index contributed by atoms with van der Waals surface area (Å²) in [7, 11) is 1.44. The topological polar surface area (TPSA) is 115 Å². The number of benzene rings is 2. The fraction of sp³-hybridized carbons (Fsp3) is 0.280. The number of carbonyl (C=O) groups excluding carboxylic acids is 3. The molecule has 1 saturated heterocycles. The number of nitrogens with one attached hydrogen (secondary N) is 1. The van der Waals surface area contributed by atoms with Gasteiger partial charge in [0.05, 0.1) is 30.3 Å². The normalized spacial score (nSPS) is 20.4. The summed E-state index contributed by atoms with van der Waals surface area (Å²) in [5.74, 6) is -2.71. The number of aromatic amines is 1. The first-order valence-electron chi connectivity index (χ1n) is 11.3. The van der Waals surface area contributed by atoms with Crippen LogP contribution in [0.4, 0.5) is 10.1 Å². The quantitative estimate of drug-likeness (QED) is 0.356. The molecule has 0 spiro atoms. The molecule has 12 heteroatoms. The van der Waals surface area contributed by atoms with Crippen LogP contribution in [0.3, 0.4) is 0 Å². The zero-order valence-electron chi connectivity index (χ0n) is 19.7. The fourth-order valence-electron chi connectivity index (χ4n) is 4.56. The average Bonchev–Trinajstić information content (AvgIpc) is 3.38. The number of thiazole rings is 1. The first kappa shape index (κ1) is 25.0. The van der Waals surface area contributed by atoms with E-state index in [0.717, 1.165) is 28.0 Å². The van der Waals surface area contributed by atoms with Gasteiger partial charge in [-0.25, -0.2) is 14.1 Å². The molecule has 2 amide bonds. The largest absolute Gasteiger partial charge is 0.493 e. The zero-order chi connectivity index (χ0) is 26.3. The van der Waals surface area contributed by atoms with E-state index in [2.05, 4.69) is 4.98 Å². The minimum atomic E-state index is -0.808. The van der Waals surface area contributed by atoms with E-state index in [9.17, 15) is 23.6 Å². The second kappa shape index (κ2) is 10.0. The summed E-state index contributed by atoms with van der Waals surface area (Å²) in [4.78, 5) is 55.3. The number of imide groups is 1. The van der Waals surface area contributed by atoms with Crippen molar-refractivity contribution in [1.82, 2.24) is 4.98 Å². The lowest BCUT2D eigenvalue weighted by atomic mass is 9.83. The zero-order valence-corrected chi connectivity index (χ0v) is 21.3. The molecule has 192 valence electrons. The summed E-state index contributed by atoms with van der Waals surface area (Å²) in [6.45, 7) is 1.61. The van der Waals surface area contributed by atoms with Gasteiger partial charge < -0.3 is 19.2 Å². The van der Waals surface area contributed by atoms with Crippen LogP contribution < -0.4 is 19.2 Å². The van der Waals surface area contributed by atoms with Crippen LogP contribution in [-0.4, -0.2) is 48.3 Å². The van der Waals surface area contributed by atoms with Gasteiger partial charge in [0.25, 0.3) is 0 Å². The van der Waals surface area contributed by atoms with Crippen molar-refractivity contribution in [2.24, 2.45) is 5.92 Å². The molecule has 3 heterocycles. The number of halogens is 1. The van der Waals surface area contributed by atoms with E-state index in [4.69, 9.17) is 14.2 Å². The number of fused-ring (bicyclic) bond motifs is 2. The van der Waals surface area contributed by atoms with Crippen molar-refractivity contribution in [2.45, 2.75) is 23.1 Å². The summed E-state index contributed by atoms with van der Waals surface area (Å²) in [6, 6.07) is 10.2. The molecule has 2 aromatic carbocycles. The Balaban J connectivity index is 1.54. The summed E-state index contributed by atoms with van der Waals surface area (Å²) in [5, 5.41) is -0.254. The van der Waals surface area contributed by atoms with Gasteiger partial charge in [-0.15, -0.1) is 0 Å². The smallest absolute Gasteiger partial charge is 0.344 e. The second-order valence-electron chi connectivity index (χ2n) is 8.24. The van der Waals surface area contributed by atoms with Crippen molar-refractivity contribution in [3.63, 3.8) is 0 Å². The molecule has 3 aromatic rings. The summed E-state index contributed by atoms with van der Waals surface area (Å²) in [6.07, 6.45) is 0. The number of aromatic nitrogens is 1. The number of H-pyrrole nitrogens is 1. The van der Waals surface area contributed by atoms with Crippen molar-refractivity contribution >= 4 is 46.6 Å². The number of rotatable bonds is 7. The predicted molar refractivity (Wildman–Crippen MR) is 134 cm³/mol. The van der Waals surface area contributed by atoms with Crippen molar-refractivity contribution in [1.29, 1.82) is 0 Å². The SMILES string of the molecule is CCOC(=O)COc1ccc([C@H]2c3sc(=O)[nH]c3SC3C(=O)N(c4ccc(F)cc4)C(=O)C32)cc1OC. The Morgan fingerprint density at radius 3 is 2.54 bits per heavy atom. The van der Waals surface area contributed by atoms with Crippen molar-refractivity contribution in [3.05, 3.63) is 68.4 Å². The Kier molecular flexibility index (Phi) is 6.78. The van der Waals surface area contributed by atoms with E-state index in [0.29, 0.717) is 27.0 Å². The first-order valence-corrected chi connectivity index (χ1v) is 13.0. The Hall–Kier alpha value is -3.64. The number of methoxy groups -OCH3 is 1. The fourth-order valence-corrected chi connectivity index (χ4v) is 7.07. The van der Waals surface area contributed by atoms with Gasteiger partial charge in [-0.05, 0) is 48.9 Å². The minimum absolute atomic E-state index is 0.226. The van der Waals surface area contributed by atoms with Crippen LogP contribution in [0, 0.1) is 11.7 Å². The number of thioether (sulfide) groups is 1. The average molecular weight is 545 g/mol. The molecule has 1 fully saturated rings. The lowest BCUT2D eigenvalue weighted by Gasteiger charge is -2.30. The molecule has 0 radical (unpaired) electrons. The van der Waals surface area contributed by atoms with Crippen molar-refractivity contribution < 1.29 is 33.0 Å². The highest BCUT2D eigenvalue weighted by molar-refractivity contribution is 8.00. The number of anilines is 1. The third-order valence-electron chi connectivity index (χ3n) is 6.11. The third kappa shape index (κ3) is 4.51. The third-order valence-corrected chi connectivity index (χ3v) is 8.51. The number of ether oxygens (including phenoxy) is 3. The van der Waals surface area contributed by atoms with Crippen molar-refractivity contribution in [3.8, 4) is 11.5 Å². The number of amides is 2. The van der Waals surface area contributed by atoms with Gasteiger partial charge in [-0.3, -0.25) is 14.4 Å². The van der Waals surface area contributed by atoms with Crippen LogP contribution in [-0.2, 0) is 19.1 Å². The van der Waals surface area contributed by atoms with Gasteiger partial charge in [-0.1, -0.05) is 29.2 Å². The standard InChI is InChI=1S/C25H21FN2O7S2/c1-3-34-17(29)11-35-15-9-4-12(10-16(15)33-2)18-19-21(36-22-20(18)37-25(32)27-22)24(31)28(23(19)30)14-7-5-13(26)6-8-14/h4-10,18-19,21H,3,11H2,1-2H3,(H,27,32)/t18-,19?,21?/m1/s1. The van der Waals surface area contributed by atoms with E-state index < -0.39 is 40.7 Å². The minimum Gasteiger partial charge on any atom is -0.493 e. The van der Waals surface area contributed by atoms with Crippen LogP contribution in [0.25, 0.3) is 0 Å². The molecule has 1 N–H and O–H groups in total. The number of hydrogen-bond donors (Lipinski definition) is 1. The molecule has 2 aliphatic rings. The molecule has 0 saturated carbocycles. The van der Waals surface area contributed by atoms with Crippen molar-refractivity contribution in [2.75, 3.05) is 25.2 Å². The molecule has 0 aliphatic carbocycles. The van der Waals surface area contributed by atoms with Crippen LogP contribution in [0.1, 0.15) is 23.3 Å². The van der Waals surface area contributed by atoms with Gasteiger partial charge in [0.1, 0.15) is 11.1 Å². The van der Waals surface area contributed by atoms with Crippen LogP contribution >= 0.6 is 23.1 Å². The number of hydrogen-bond acceptors (Lipinski definition) is 9. The van der Waals surface area contributed by atoms with Gasteiger partial charge >= 0.3 is 10.8 Å². The lowest BCUT2D eigenvalue weighted by molar-refractivity contribution is -0.145. The van der Waals surface area contributed by atoms with E-state index in [1.807, 2.05) is 0 Å². The monoisotopic (exact) mass is 544 g/mol. The van der Waals surface area contributed by atoms with Crippen LogP contribution in [0.2, 0.25) is 0 Å². The van der Waals surface area contributed by atoms with Crippen LogP contribution in [0.5, 0.6) is 11.5 Å². The first-order chi connectivity index (χ1) is 17.8. The Morgan fingerprint density at radius 2 is 1.84 bits per heavy atom. The molecular weight excluding hydrogens is 523 g/mol. The molecule has 1 aromatic heterocycles. The number of nitrogens with zero attached hydrogens (tertiary/aromatic N) is 1. The molecule has 37 heavy (non-hydrogen) atoms. The van der Waals surface area contributed by atoms with E-state index in [-0.39, 0.29) is 23.8 Å². The van der Waals surface area contributed by atoms with E-state index in [1.54, 1.807) is 25.1 Å². The molecule has 9 nitrogen and oxygen atoms in total. The molecule has 0 bridgehead atoms. The maximum atomic E-state index is 13.7. The maximum absolute atomic E-state index is 13.7. The summed E-state index contributed by atoms with van der Waals surface area (Å²) in [5.41, 5.74) is 0.913. The maximum Gasteiger partial charge on any atom is 0.344 e. The Morgan fingerprint density at radius 1 is 1.08 bits per heavy atom. The highest BCUT2D eigenvalue weighted by Crippen LogP contribution is 2.53.